The van der Waals surface area contributed by atoms with Crippen LogP contribution in [0.1, 0.15) is 29.6 Å². The second kappa shape index (κ2) is 7.03. The van der Waals surface area contributed by atoms with Crippen LogP contribution in [0.25, 0.3) is 0 Å². The molecule has 1 heterocycles. The van der Waals surface area contributed by atoms with Crippen molar-refractivity contribution in [3.63, 3.8) is 0 Å². The largest absolute Gasteiger partial charge is 0.491 e. The Morgan fingerprint density at radius 3 is 2.67 bits per heavy atom. The topological polar surface area (TPSA) is 92.9 Å². The maximum absolute atomic E-state index is 11.1. The molecule has 0 bridgehead atoms. The van der Waals surface area contributed by atoms with E-state index in [1.54, 1.807) is 0 Å². The van der Waals surface area contributed by atoms with Crippen LogP contribution >= 0.6 is 0 Å². The molecule has 7 nitrogen and oxygen atoms in total. The van der Waals surface area contributed by atoms with Gasteiger partial charge in [-0.25, -0.2) is 4.79 Å². The number of likely N-dealkylation sites (tertiary alicyclic amines) is 1. The molecule has 1 aromatic rings. The second-order valence-corrected chi connectivity index (χ2v) is 4.99. The molecule has 1 aliphatic heterocycles. The summed E-state index contributed by atoms with van der Waals surface area (Å²) in [6.07, 6.45) is 3.61. The SMILES string of the molecule is O=C(O)c1cc([N+](=O)[O-])ccc1OCCN1CCCCC1. The van der Waals surface area contributed by atoms with Crippen molar-refractivity contribution in [3.05, 3.63) is 33.9 Å². The van der Waals surface area contributed by atoms with Gasteiger partial charge in [-0.3, -0.25) is 15.0 Å². The van der Waals surface area contributed by atoms with Gasteiger partial charge in [0.1, 0.15) is 17.9 Å². The molecular weight excluding hydrogens is 276 g/mol. The van der Waals surface area contributed by atoms with Gasteiger partial charge >= 0.3 is 5.97 Å². The van der Waals surface area contributed by atoms with Gasteiger partial charge in [0.15, 0.2) is 0 Å². The zero-order valence-corrected chi connectivity index (χ0v) is 11.7. The van der Waals surface area contributed by atoms with E-state index in [9.17, 15) is 14.9 Å². The summed E-state index contributed by atoms with van der Waals surface area (Å²) in [5.41, 5.74) is -0.432. The molecule has 114 valence electrons. The first-order chi connectivity index (χ1) is 10.1. The van der Waals surface area contributed by atoms with Gasteiger partial charge in [0.2, 0.25) is 0 Å². The minimum absolute atomic E-state index is 0.171. The Labute approximate surface area is 122 Å². The Morgan fingerprint density at radius 2 is 2.05 bits per heavy atom. The average Bonchev–Trinajstić information content (AvgIpc) is 2.48. The zero-order valence-electron chi connectivity index (χ0n) is 11.7. The molecule has 0 unspecified atom stereocenters. The lowest BCUT2D eigenvalue weighted by Gasteiger charge is -2.26. The van der Waals surface area contributed by atoms with Crippen molar-refractivity contribution in [2.24, 2.45) is 0 Å². The van der Waals surface area contributed by atoms with Crippen LogP contribution in [0.3, 0.4) is 0 Å². The summed E-state index contributed by atoms with van der Waals surface area (Å²) in [4.78, 5) is 23.5. The fraction of sp³-hybridized carbons (Fsp3) is 0.500. The Hall–Kier alpha value is -2.15. The van der Waals surface area contributed by atoms with Crippen molar-refractivity contribution >= 4 is 11.7 Å². The standard InChI is InChI=1S/C14H18N2O5/c17-14(18)12-10-11(16(19)20)4-5-13(12)21-9-8-15-6-2-1-3-7-15/h4-5,10H,1-3,6-9H2,(H,17,18). The summed E-state index contributed by atoms with van der Waals surface area (Å²) < 4.78 is 5.49. The highest BCUT2D eigenvalue weighted by atomic mass is 16.6. The number of nitro groups is 1. The quantitative estimate of drug-likeness (QED) is 0.638. The molecule has 2 rings (SSSR count). The van der Waals surface area contributed by atoms with Gasteiger partial charge in [-0.1, -0.05) is 6.42 Å². The van der Waals surface area contributed by atoms with Crippen molar-refractivity contribution in [2.75, 3.05) is 26.2 Å². The number of non-ortho nitro benzene ring substituents is 1. The monoisotopic (exact) mass is 294 g/mol. The van der Waals surface area contributed by atoms with Gasteiger partial charge in [0.05, 0.1) is 4.92 Å². The number of rotatable bonds is 6. The molecule has 1 saturated heterocycles. The lowest BCUT2D eigenvalue weighted by molar-refractivity contribution is -0.384. The van der Waals surface area contributed by atoms with Crippen LogP contribution in [-0.4, -0.2) is 47.1 Å². The van der Waals surface area contributed by atoms with E-state index in [-0.39, 0.29) is 17.0 Å². The number of piperidine rings is 1. The van der Waals surface area contributed by atoms with Crippen molar-refractivity contribution in [1.29, 1.82) is 0 Å². The minimum Gasteiger partial charge on any atom is -0.491 e. The second-order valence-electron chi connectivity index (χ2n) is 4.99. The highest BCUT2D eigenvalue weighted by molar-refractivity contribution is 5.91. The van der Waals surface area contributed by atoms with Gasteiger partial charge in [-0.05, 0) is 32.0 Å². The molecular formula is C14H18N2O5. The Kier molecular flexibility index (Phi) is 5.10. The number of ether oxygens (including phenoxy) is 1. The third-order valence-electron chi connectivity index (χ3n) is 3.52. The number of hydrogen-bond acceptors (Lipinski definition) is 5. The maximum Gasteiger partial charge on any atom is 0.339 e. The van der Waals surface area contributed by atoms with Gasteiger partial charge < -0.3 is 9.84 Å². The molecule has 21 heavy (non-hydrogen) atoms. The van der Waals surface area contributed by atoms with Gasteiger partial charge in [0.25, 0.3) is 5.69 Å². The number of nitro benzene ring substituents is 1. The van der Waals surface area contributed by atoms with Crippen LogP contribution in [0.5, 0.6) is 5.75 Å². The lowest BCUT2D eigenvalue weighted by Crippen LogP contribution is -2.33. The molecule has 1 aromatic carbocycles. The van der Waals surface area contributed by atoms with E-state index in [1.807, 2.05) is 0 Å². The molecule has 0 spiro atoms. The Morgan fingerprint density at radius 1 is 1.33 bits per heavy atom. The van der Waals surface area contributed by atoms with Crippen LogP contribution in [0.4, 0.5) is 5.69 Å². The van der Waals surface area contributed by atoms with Crippen LogP contribution in [0, 0.1) is 10.1 Å². The highest BCUT2D eigenvalue weighted by Gasteiger charge is 2.17. The highest BCUT2D eigenvalue weighted by Crippen LogP contribution is 2.24. The van der Waals surface area contributed by atoms with Crippen LogP contribution < -0.4 is 4.74 Å². The molecule has 1 aliphatic rings. The maximum atomic E-state index is 11.1. The van der Waals surface area contributed by atoms with Crippen molar-refractivity contribution in [3.8, 4) is 5.75 Å². The molecule has 0 saturated carbocycles. The fourth-order valence-electron chi connectivity index (χ4n) is 2.39. The van der Waals surface area contributed by atoms with E-state index < -0.39 is 10.9 Å². The van der Waals surface area contributed by atoms with E-state index in [1.165, 1.54) is 31.4 Å². The first-order valence-corrected chi connectivity index (χ1v) is 6.95. The zero-order chi connectivity index (χ0) is 15.2. The summed E-state index contributed by atoms with van der Waals surface area (Å²) in [6.45, 7) is 3.18. The first kappa shape index (κ1) is 15.2. The molecule has 0 atom stereocenters. The molecule has 0 radical (unpaired) electrons. The van der Waals surface area contributed by atoms with E-state index in [4.69, 9.17) is 9.84 Å². The number of hydrogen-bond donors (Lipinski definition) is 1. The Balaban J connectivity index is 1.98. The van der Waals surface area contributed by atoms with Crippen LogP contribution in [0.15, 0.2) is 18.2 Å². The molecule has 1 fully saturated rings. The minimum atomic E-state index is -1.23. The summed E-state index contributed by atoms with van der Waals surface area (Å²) in [5, 5.41) is 19.8. The number of nitrogens with zero attached hydrogens (tertiary/aromatic N) is 2. The predicted molar refractivity (Wildman–Crippen MR) is 75.8 cm³/mol. The molecule has 0 aromatic heterocycles. The van der Waals surface area contributed by atoms with Crippen molar-refractivity contribution < 1.29 is 19.6 Å². The number of benzene rings is 1. The van der Waals surface area contributed by atoms with E-state index >= 15 is 0 Å². The van der Waals surface area contributed by atoms with Crippen LogP contribution in [-0.2, 0) is 0 Å². The van der Waals surface area contributed by atoms with Gasteiger partial charge in [-0.15, -0.1) is 0 Å². The van der Waals surface area contributed by atoms with Crippen molar-refractivity contribution in [2.45, 2.75) is 19.3 Å². The molecule has 7 heteroatoms. The summed E-state index contributed by atoms with van der Waals surface area (Å²) in [6, 6.07) is 3.62. The summed E-state index contributed by atoms with van der Waals surface area (Å²) in [7, 11) is 0. The third-order valence-corrected chi connectivity index (χ3v) is 3.52. The normalized spacial score (nSPS) is 15.6. The first-order valence-electron chi connectivity index (χ1n) is 6.95. The number of carboxylic acids is 1. The summed E-state index contributed by atoms with van der Waals surface area (Å²) >= 11 is 0. The van der Waals surface area contributed by atoms with Crippen LogP contribution in [0.2, 0.25) is 0 Å². The van der Waals surface area contributed by atoms with E-state index in [0.29, 0.717) is 6.61 Å². The number of aromatic carboxylic acids is 1. The van der Waals surface area contributed by atoms with E-state index in [2.05, 4.69) is 4.90 Å². The lowest BCUT2D eigenvalue weighted by atomic mass is 10.1. The fourth-order valence-corrected chi connectivity index (χ4v) is 2.39. The van der Waals surface area contributed by atoms with Gasteiger partial charge in [-0.2, -0.15) is 0 Å². The Bertz CT molecular complexity index is 526. The molecule has 0 aliphatic carbocycles. The average molecular weight is 294 g/mol. The third kappa shape index (κ3) is 4.16. The summed E-state index contributed by atoms with van der Waals surface area (Å²) in [5.74, 6) is -1.06. The number of carbonyl (C=O) groups is 1. The smallest absolute Gasteiger partial charge is 0.339 e. The molecule has 1 N–H and O–H groups in total. The van der Waals surface area contributed by atoms with E-state index in [0.717, 1.165) is 25.7 Å². The molecule has 0 amide bonds. The predicted octanol–water partition coefficient (Wildman–Crippen LogP) is 2.16. The van der Waals surface area contributed by atoms with Gasteiger partial charge in [0, 0.05) is 18.7 Å². The van der Waals surface area contributed by atoms with Crippen molar-refractivity contribution in [1.82, 2.24) is 4.90 Å². The number of carboxylic acid groups (broad SMARTS) is 1.